The van der Waals surface area contributed by atoms with Crippen LogP contribution in [0.5, 0.6) is 0 Å². The van der Waals surface area contributed by atoms with Gasteiger partial charge in [-0.15, -0.1) is 0 Å². The lowest BCUT2D eigenvalue weighted by atomic mass is 9.82. The van der Waals surface area contributed by atoms with E-state index < -0.39 is 5.54 Å². The van der Waals surface area contributed by atoms with E-state index in [1.165, 1.54) is 0 Å². The second-order valence-corrected chi connectivity index (χ2v) is 5.32. The van der Waals surface area contributed by atoms with Crippen LogP contribution >= 0.6 is 0 Å². The van der Waals surface area contributed by atoms with Gasteiger partial charge >= 0.3 is 0 Å². The van der Waals surface area contributed by atoms with Gasteiger partial charge in [-0.05, 0) is 48.2 Å². The molecule has 4 heteroatoms. The van der Waals surface area contributed by atoms with E-state index in [9.17, 15) is 0 Å². The highest BCUT2D eigenvalue weighted by Gasteiger charge is 2.28. The summed E-state index contributed by atoms with van der Waals surface area (Å²) < 4.78 is 0. The Labute approximate surface area is 119 Å². The lowest BCUT2D eigenvalue weighted by Gasteiger charge is -2.30. The molecule has 2 aromatic carbocycles. The number of rotatable bonds is 3. The number of hydrogen-bond donors (Lipinski definition) is 4. The van der Waals surface area contributed by atoms with Gasteiger partial charge in [-0.25, -0.2) is 0 Å². The normalized spacial score (nSPS) is 11.6. The molecular formula is C16H22N4. The fraction of sp³-hybridized carbons (Fsp3) is 0.250. The zero-order chi connectivity index (χ0) is 14.9. The van der Waals surface area contributed by atoms with Crippen LogP contribution in [0.4, 0.5) is 11.4 Å². The molecule has 0 aromatic heterocycles. The van der Waals surface area contributed by atoms with Crippen LogP contribution in [0.1, 0.15) is 22.3 Å². The van der Waals surface area contributed by atoms with Crippen LogP contribution in [0.25, 0.3) is 0 Å². The molecule has 0 heterocycles. The van der Waals surface area contributed by atoms with E-state index in [0.717, 1.165) is 33.6 Å². The van der Waals surface area contributed by atoms with Gasteiger partial charge in [0.05, 0.1) is 5.54 Å². The maximum atomic E-state index is 6.57. The molecule has 20 heavy (non-hydrogen) atoms. The van der Waals surface area contributed by atoms with Crippen LogP contribution in [-0.4, -0.2) is 6.54 Å². The Morgan fingerprint density at radius 3 is 1.55 bits per heavy atom. The van der Waals surface area contributed by atoms with Gasteiger partial charge in [0.1, 0.15) is 0 Å². The lowest BCUT2D eigenvalue weighted by molar-refractivity contribution is 0.551. The van der Waals surface area contributed by atoms with Gasteiger partial charge in [0.2, 0.25) is 0 Å². The SMILES string of the molecule is Cc1cc(C(N)(CN)c2ccc(N)c(C)c2)ccc1N. The Morgan fingerprint density at radius 1 is 0.850 bits per heavy atom. The van der Waals surface area contributed by atoms with Gasteiger partial charge in [0, 0.05) is 17.9 Å². The topological polar surface area (TPSA) is 104 Å². The van der Waals surface area contributed by atoms with E-state index >= 15 is 0 Å². The minimum atomic E-state index is -0.739. The molecule has 2 rings (SSSR count). The molecule has 0 spiro atoms. The predicted molar refractivity (Wildman–Crippen MR) is 85.2 cm³/mol. The van der Waals surface area contributed by atoms with E-state index in [1.54, 1.807) is 0 Å². The van der Waals surface area contributed by atoms with Gasteiger partial charge < -0.3 is 22.9 Å². The number of aryl methyl sites for hydroxylation is 2. The lowest BCUT2D eigenvalue weighted by Crippen LogP contribution is -2.45. The molecule has 0 radical (unpaired) electrons. The monoisotopic (exact) mass is 270 g/mol. The number of benzene rings is 2. The van der Waals surface area contributed by atoms with Gasteiger partial charge in [0.15, 0.2) is 0 Å². The summed E-state index contributed by atoms with van der Waals surface area (Å²) in [6.07, 6.45) is 0. The Hall–Kier alpha value is -2.04. The Bertz CT molecular complexity index is 583. The number of nitrogen functional groups attached to an aromatic ring is 2. The fourth-order valence-corrected chi connectivity index (χ4v) is 2.31. The highest BCUT2D eigenvalue weighted by Crippen LogP contribution is 2.30. The average molecular weight is 270 g/mol. The molecule has 106 valence electrons. The van der Waals surface area contributed by atoms with Crippen LogP contribution < -0.4 is 22.9 Å². The first kappa shape index (κ1) is 14.4. The minimum absolute atomic E-state index is 0.305. The summed E-state index contributed by atoms with van der Waals surface area (Å²) in [5, 5.41) is 0. The van der Waals surface area contributed by atoms with Crippen molar-refractivity contribution < 1.29 is 0 Å². The van der Waals surface area contributed by atoms with Crippen LogP contribution in [0.2, 0.25) is 0 Å². The second kappa shape index (κ2) is 5.15. The van der Waals surface area contributed by atoms with Gasteiger partial charge in [-0.2, -0.15) is 0 Å². The third kappa shape index (κ3) is 2.35. The molecule has 2 aromatic rings. The largest absolute Gasteiger partial charge is 0.399 e. The molecule has 0 atom stereocenters. The first-order valence-corrected chi connectivity index (χ1v) is 6.60. The van der Waals surface area contributed by atoms with E-state index in [4.69, 9.17) is 22.9 Å². The number of nitrogens with two attached hydrogens (primary N) is 4. The van der Waals surface area contributed by atoms with E-state index in [1.807, 2.05) is 50.2 Å². The molecule has 0 saturated carbocycles. The van der Waals surface area contributed by atoms with Gasteiger partial charge in [-0.3, -0.25) is 0 Å². The van der Waals surface area contributed by atoms with Crippen molar-refractivity contribution in [2.75, 3.05) is 18.0 Å². The highest BCUT2D eigenvalue weighted by atomic mass is 14.8. The first-order valence-electron chi connectivity index (χ1n) is 6.60. The summed E-state index contributed by atoms with van der Waals surface area (Å²) >= 11 is 0. The molecule has 0 bridgehead atoms. The zero-order valence-electron chi connectivity index (χ0n) is 12.0. The van der Waals surface area contributed by atoms with E-state index in [2.05, 4.69) is 0 Å². The molecule has 0 saturated heterocycles. The van der Waals surface area contributed by atoms with Crippen LogP contribution in [0.15, 0.2) is 36.4 Å². The molecule has 0 aliphatic heterocycles. The molecular weight excluding hydrogens is 248 g/mol. The van der Waals surface area contributed by atoms with E-state index in [0.29, 0.717) is 6.54 Å². The molecule has 8 N–H and O–H groups in total. The molecule has 0 aliphatic carbocycles. The maximum Gasteiger partial charge on any atom is 0.0790 e. The van der Waals surface area contributed by atoms with Crippen molar-refractivity contribution in [3.8, 4) is 0 Å². The molecule has 0 unspecified atom stereocenters. The zero-order valence-corrected chi connectivity index (χ0v) is 12.0. The van der Waals surface area contributed by atoms with Crippen molar-refractivity contribution >= 4 is 11.4 Å². The summed E-state index contributed by atoms with van der Waals surface area (Å²) in [6, 6.07) is 11.6. The third-order valence-electron chi connectivity index (χ3n) is 3.89. The first-order chi connectivity index (χ1) is 9.38. The molecule has 0 aliphatic rings. The summed E-state index contributed by atoms with van der Waals surface area (Å²) in [4.78, 5) is 0. The van der Waals surface area contributed by atoms with Crippen molar-refractivity contribution in [2.45, 2.75) is 19.4 Å². The van der Waals surface area contributed by atoms with Crippen molar-refractivity contribution in [3.05, 3.63) is 58.7 Å². The minimum Gasteiger partial charge on any atom is -0.399 e. The summed E-state index contributed by atoms with van der Waals surface area (Å²) in [5.41, 5.74) is 28.9. The fourth-order valence-electron chi connectivity index (χ4n) is 2.31. The molecule has 4 nitrogen and oxygen atoms in total. The standard InChI is InChI=1S/C16H22N4/c1-10-7-12(3-5-14(10)18)16(20,9-17)13-4-6-15(19)11(2)8-13/h3-8H,9,17-20H2,1-2H3. The van der Waals surface area contributed by atoms with Crippen LogP contribution in [0.3, 0.4) is 0 Å². The van der Waals surface area contributed by atoms with Crippen LogP contribution in [-0.2, 0) is 5.54 Å². The molecule has 0 fully saturated rings. The number of anilines is 2. The quantitative estimate of drug-likeness (QED) is 0.636. The van der Waals surface area contributed by atoms with Crippen LogP contribution in [0, 0.1) is 13.8 Å². The highest BCUT2D eigenvalue weighted by molar-refractivity contribution is 5.54. The summed E-state index contributed by atoms with van der Waals surface area (Å²) in [7, 11) is 0. The van der Waals surface area contributed by atoms with Crippen molar-refractivity contribution in [3.63, 3.8) is 0 Å². The van der Waals surface area contributed by atoms with Gasteiger partial charge in [0.25, 0.3) is 0 Å². The second-order valence-electron chi connectivity index (χ2n) is 5.32. The summed E-state index contributed by atoms with van der Waals surface area (Å²) in [6.45, 7) is 4.23. The predicted octanol–water partition coefficient (Wildman–Crippen LogP) is 1.63. The number of hydrogen-bond acceptors (Lipinski definition) is 4. The molecule has 0 amide bonds. The Balaban J connectivity index is 2.57. The smallest absolute Gasteiger partial charge is 0.0790 e. The van der Waals surface area contributed by atoms with Crippen molar-refractivity contribution in [1.82, 2.24) is 0 Å². The third-order valence-corrected chi connectivity index (χ3v) is 3.89. The van der Waals surface area contributed by atoms with Gasteiger partial charge in [-0.1, -0.05) is 24.3 Å². The van der Waals surface area contributed by atoms with Crippen molar-refractivity contribution in [1.29, 1.82) is 0 Å². The maximum absolute atomic E-state index is 6.57. The summed E-state index contributed by atoms with van der Waals surface area (Å²) in [5.74, 6) is 0. The Kier molecular flexibility index (Phi) is 3.70. The van der Waals surface area contributed by atoms with Crippen molar-refractivity contribution in [2.24, 2.45) is 11.5 Å². The van der Waals surface area contributed by atoms with E-state index in [-0.39, 0.29) is 0 Å². The average Bonchev–Trinajstić information content (AvgIpc) is 2.44. The Morgan fingerprint density at radius 2 is 1.25 bits per heavy atom.